The number of allylic oxidation sites excluding steroid dienone is 2. The topological polar surface area (TPSA) is 45.2 Å². The fraction of sp³-hybridized carbons (Fsp3) is 0.200. The predicted octanol–water partition coefficient (Wildman–Crippen LogP) is 2.13. The van der Waals surface area contributed by atoms with E-state index < -0.39 is 0 Å². The van der Waals surface area contributed by atoms with Crippen LogP contribution in [0.3, 0.4) is 0 Å². The van der Waals surface area contributed by atoms with Crippen LogP contribution in [0.25, 0.3) is 5.57 Å². The molecule has 13 heavy (non-hydrogen) atoms. The molecular weight excluding hydrogens is 164 g/mol. The molecule has 0 aliphatic rings. The predicted molar refractivity (Wildman–Crippen MR) is 55.6 cm³/mol. The van der Waals surface area contributed by atoms with Gasteiger partial charge in [0.05, 0.1) is 5.69 Å². The molecule has 0 atom stereocenters. The zero-order chi connectivity index (χ0) is 9.84. The van der Waals surface area contributed by atoms with Crippen LogP contribution in [0.1, 0.15) is 19.4 Å². The zero-order valence-corrected chi connectivity index (χ0v) is 7.79. The first kappa shape index (κ1) is 9.45. The van der Waals surface area contributed by atoms with Gasteiger partial charge >= 0.3 is 0 Å². The molecule has 0 saturated heterocycles. The van der Waals surface area contributed by atoms with Crippen molar-refractivity contribution in [3.8, 4) is 0 Å². The van der Waals surface area contributed by atoms with Gasteiger partial charge in [-0.2, -0.15) is 0 Å². The van der Waals surface area contributed by atoms with Gasteiger partial charge in [-0.05, 0) is 32.2 Å². The molecule has 3 heteroatoms. The Bertz CT molecular complexity index is 402. The minimum Gasteiger partial charge on any atom is -0.326 e. The molecule has 0 aliphatic carbocycles. The first-order chi connectivity index (χ1) is 6.19. The molecule has 0 fully saturated rings. The third-order valence-corrected chi connectivity index (χ3v) is 1.93. The molecule has 0 spiro atoms. The minimum absolute atomic E-state index is 0.0944. The summed E-state index contributed by atoms with van der Waals surface area (Å²) in [4.78, 5) is 17.7. The number of aromatic amines is 1. The van der Waals surface area contributed by atoms with Crippen LogP contribution in [0.2, 0.25) is 0 Å². The maximum atomic E-state index is 11.3. The van der Waals surface area contributed by atoms with Gasteiger partial charge < -0.3 is 4.98 Å². The van der Waals surface area contributed by atoms with Crippen LogP contribution < -0.4 is 5.56 Å². The first-order valence-electron chi connectivity index (χ1n) is 4.01. The average molecular weight is 176 g/mol. The summed E-state index contributed by atoms with van der Waals surface area (Å²) in [5.41, 5.74) is 2.16. The van der Waals surface area contributed by atoms with E-state index in [0.29, 0.717) is 11.3 Å². The number of rotatable bonds is 2. The molecular formula is C10H12N2O. The fourth-order valence-electron chi connectivity index (χ4n) is 1.01. The molecule has 0 aliphatic heterocycles. The largest absolute Gasteiger partial charge is 0.326 e. The lowest BCUT2D eigenvalue weighted by Gasteiger charge is -1.99. The van der Waals surface area contributed by atoms with E-state index in [-0.39, 0.29) is 5.56 Å². The number of hydrogen-bond donors (Lipinski definition) is 1. The molecule has 68 valence electrons. The molecule has 0 bridgehead atoms. The lowest BCUT2D eigenvalue weighted by Crippen LogP contribution is -2.09. The quantitative estimate of drug-likeness (QED) is 0.689. The van der Waals surface area contributed by atoms with Crippen molar-refractivity contribution >= 4 is 18.0 Å². The maximum absolute atomic E-state index is 11.3. The number of nitrogens with zero attached hydrogens (tertiary/aromatic N) is 1. The number of pyridine rings is 1. The Morgan fingerprint density at radius 3 is 2.92 bits per heavy atom. The summed E-state index contributed by atoms with van der Waals surface area (Å²) < 4.78 is 0. The van der Waals surface area contributed by atoms with Crippen molar-refractivity contribution in [3.05, 3.63) is 34.3 Å². The van der Waals surface area contributed by atoms with Crippen LogP contribution in [0.4, 0.5) is 5.69 Å². The van der Waals surface area contributed by atoms with Gasteiger partial charge in [0.25, 0.3) is 5.56 Å². The maximum Gasteiger partial charge on any atom is 0.255 e. The number of aliphatic imine (C=N–C) groups is 1. The summed E-state index contributed by atoms with van der Waals surface area (Å²) >= 11 is 0. The molecule has 3 nitrogen and oxygen atoms in total. The molecule has 0 saturated carbocycles. The molecule has 1 aromatic rings. The fourth-order valence-corrected chi connectivity index (χ4v) is 1.01. The van der Waals surface area contributed by atoms with Crippen molar-refractivity contribution in [1.82, 2.24) is 4.98 Å². The highest BCUT2D eigenvalue weighted by Gasteiger charge is 2.01. The number of nitrogens with one attached hydrogen (secondary N) is 1. The van der Waals surface area contributed by atoms with Crippen LogP contribution in [0.5, 0.6) is 0 Å². The Morgan fingerprint density at radius 2 is 2.38 bits per heavy atom. The van der Waals surface area contributed by atoms with E-state index in [2.05, 4.69) is 16.7 Å². The van der Waals surface area contributed by atoms with Crippen molar-refractivity contribution in [3.63, 3.8) is 0 Å². The molecule has 0 amide bonds. The highest BCUT2D eigenvalue weighted by Crippen LogP contribution is 2.14. The Hall–Kier alpha value is -1.64. The first-order valence-corrected chi connectivity index (χ1v) is 4.01. The van der Waals surface area contributed by atoms with Crippen molar-refractivity contribution in [2.75, 3.05) is 0 Å². The standard InChI is InChI=1S/C10H12N2O/c1-4-7(2)9-5-8(11-3)6-12-10(9)13/h4-6H,3H2,1-2H3,(H,12,13)/b7-4-. The highest BCUT2D eigenvalue weighted by atomic mass is 16.1. The third-order valence-electron chi connectivity index (χ3n) is 1.93. The summed E-state index contributed by atoms with van der Waals surface area (Å²) in [7, 11) is 0. The number of aromatic nitrogens is 1. The highest BCUT2D eigenvalue weighted by molar-refractivity contribution is 5.65. The lowest BCUT2D eigenvalue weighted by atomic mass is 10.1. The summed E-state index contributed by atoms with van der Waals surface area (Å²) in [5, 5.41) is 0. The van der Waals surface area contributed by atoms with Gasteiger partial charge in [-0.25, -0.2) is 0 Å². The summed E-state index contributed by atoms with van der Waals surface area (Å²) in [5.74, 6) is 0. The molecule has 0 radical (unpaired) electrons. The second-order valence-corrected chi connectivity index (χ2v) is 2.73. The Balaban J connectivity index is 3.35. The Morgan fingerprint density at radius 1 is 1.69 bits per heavy atom. The monoisotopic (exact) mass is 176 g/mol. The van der Waals surface area contributed by atoms with Crippen molar-refractivity contribution in [2.45, 2.75) is 13.8 Å². The van der Waals surface area contributed by atoms with Gasteiger partial charge in [0, 0.05) is 11.8 Å². The summed E-state index contributed by atoms with van der Waals surface area (Å²) in [6.45, 7) is 7.17. The van der Waals surface area contributed by atoms with Crippen LogP contribution in [-0.2, 0) is 0 Å². The second-order valence-electron chi connectivity index (χ2n) is 2.73. The number of hydrogen-bond acceptors (Lipinski definition) is 2. The molecule has 1 rings (SSSR count). The van der Waals surface area contributed by atoms with Crippen molar-refractivity contribution < 1.29 is 0 Å². The molecule has 0 aromatic carbocycles. The second kappa shape index (κ2) is 3.85. The van der Waals surface area contributed by atoms with Crippen LogP contribution in [0.15, 0.2) is 28.1 Å². The normalized spacial score (nSPS) is 11.4. The van der Waals surface area contributed by atoms with Gasteiger partial charge in [0.15, 0.2) is 0 Å². The average Bonchev–Trinajstić information content (AvgIpc) is 2.17. The van der Waals surface area contributed by atoms with Crippen LogP contribution >= 0.6 is 0 Å². The zero-order valence-electron chi connectivity index (χ0n) is 7.79. The Kier molecular flexibility index (Phi) is 2.80. The van der Waals surface area contributed by atoms with Crippen molar-refractivity contribution in [2.24, 2.45) is 4.99 Å². The van der Waals surface area contributed by atoms with Gasteiger partial charge in [-0.3, -0.25) is 9.79 Å². The van der Waals surface area contributed by atoms with E-state index in [0.717, 1.165) is 5.57 Å². The SMILES string of the molecule is C=Nc1c[nH]c(=O)c(/C(C)=C\C)c1. The van der Waals surface area contributed by atoms with E-state index >= 15 is 0 Å². The summed E-state index contributed by atoms with van der Waals surface area (Å²) in [6.07, 6.45) is 3.43. The van der Waals surface area contributed by atoms with E-state index in [1.165, 1.54) is 0 Å². The van der Waals surface area contributed by atoms with E-state index in [1.807, 2.05) is 19.9 Å². The molecule has 1 aromatic heterocycles. The molecule has 1 heterocycles. The van der Waals surface area contributed by atoms with Gasteiger partial charge in [-0.1, -0.05) is 6.08 Å². The van der Waals surface area contributed by atoms with Gasteiger partial charge in [0.1, 0.15) is 0 Å². The van der Waals surface area contributed by atoms with Gasteiger partial charge in [0.2, 0.25) is 0 Å². The number of H-pyrrole nitrogens is 1. The van der Waals surface area contributed by atoms with E-state index in [9.17, 15) is 4.79 Å². The van der Waals surface area contributed by atoms with Crippen molar-refractivity contribution in [1.29, 1.82) is 0 Å². The van der Waals surface area contributed by atoms with E-state index in [1.54, 1.807) is 12.3 Å². The van der Waals surface area contributed by atoms with Crippen LogP contribution in [-0.4, -0.2) is 11.7 Å². The van der Waals surface area contributed by atoms with Gasteiger partial charge in [-0.15, -0.1) is 0 Å². The smallest absolute Gasteiger partial charge is 0.255 e. The van der Waals surface area contributed by atoms with E-state index in [4.69, 9.17) is 0 Å². The Labute approximate surface area is 76.8 Å². The lowest BCUT2D eigenvalue weighted by molar-refractivity contribution is 1.20. The van der Waals surface area contributed by atoms with Crippen LogP contribution in [0, 0.1) is 0 Å². The molecule has 1 N–H and O–H groups in total. The minimum atomic E-state index is -0.0944. The summed E-state index contributed by atoms with van der Waals surface area (Å²) in [6, 6.07) is 1.72. The third kappa shape index (κ3) is 1.93. The molecule has 0 unspecified atom stereocenters.